The molecule has 3 N–H and O–H groups in total. The Bertz CT molecular complexity index is 193. The molecule has 0 spiro atoms. The maximum absolute atomic E-state index is 12.1. The van der Waals surface area contributed by atoms with Crippen LogP contribution >= 0.6 is 0 Å². The van der Waals surface area contributed by atoms with Gasteiger partial charge in [-0.05, 0) is 19.3 Å². The summed E-state index contributed by atoms with van der Waals surface area (Å²) in [7, 11) is 0. The molecule has 4 nitrogen and oxygen atoms in total. The molecule has 0 radical (unpaired) electrons. The Morgan fingerprint density at radius 2 is 1.88 bits per heavy atom. The fourth-order valence-electron chi connectivity index (χ4n) is 1.96. The van der Waals surface area contributed by atoms with E-state index in [9.17, 15) is 4.79 Å². The highest BCUT2D eigenvalue weighted by Crippen LogP contribution is 2.11. The van der Waals surface area contributed by atoms with Crippen molar-refractivity contribution in [1.29, 1.82) is 0 Å². The summed E-state index contributed by atoms with van der Waals surface area (Å²) >= 11 is 0. The standard InChI is InChI=1S/C12H26N2O2/c1-4-7-11(13)12(16)14(8-9-15)10(5-2)6-3/h10-11,15H,4-9,13H2,1-3H3. The van der Waals surface area contributed by atoms with Crippen LogP contribution in [0.15, 0.2) is 0 Å². The maximum atomic E-state index is 12.1. The topological polar surface area (TPSA) is 66.6 Å². The number of aliphatic hydroxyl groups excluding tert-OH is 1. The molecule has 1 atom stereocenters. The summed E-state index contributed by atoms with van der Waals surface area (Å²) in [5.41, 5.74) is 5.83. The molecule has 0 aliphatic carbocycles. The number of nitrogens with two attached hydrogens (primary N) is 1. The second-order valence-electron chi connectivity index (χ2n) is 4.12. The van der Waals surface area contributed by atoms with Crippen LogP contribution in [0.4, 0.5) is 0 Å². The predicted molar refractivity (Wildman–Crippen MR) is 66.1 cm³/mol. The number of nitrogens with zero attached hydrogens (tertiary/aromatic N) is 1. The van der Waals surface area contributed by atoms with Crippen molar-refractivity contribution >= 4 is 5.91 Å². The summed E-state index contributed by atoms with van der Waals surface area (Å²) in [6.45, 7) is 6.51. The van der Waals surface area contributed by atoms with Gasteiger partial charge < -0.3 is 15.7 Å². The predicted octanol–water partition coefficient (Wildman–Crippen LogP) is 1.12. The zero-order valence-corrected chi connectivity index (χ0v) is 10.8. The van der Waals surface area contributed by atoms with Crippen LogP contribution in [0.5, 0.6) is 0 Å². The Hall–Kier alpha value is -0.610. The van der Waals surface area contributed by atoms with Crippen LogP contribution < -0.4 is 5.73 Å². The molecule has 1 unspecified atom stereocenters. The average molecular weight is 230 g/mol. The SMILES string of the molecule is CCCC(N)C(=O)N(CCO)C(CC)CC. The summed E-state index contributed by atoms with van der Waals surface area (Å²) in [5.74, 6) is -0.0235. The molecule has 1 amide bonds. The lowest BCUT2D eigenvalue weighted by Gasteiger charge is -2.32. The second kappa shape index (κ2) is 8.53. The van der Waals surface area contributed by atoms with E-state index in [1.54, 1.807) is 4.90 Å². The molecule has 0 heterocycles. The smallest absolute Gasteiger partial charge is 0.239 e. The van der Waals surface area contributed by atoms with E-state index in [0.29, 0.717) is 13.0 Å². The maximum Gasteiger partial charge on any atom is 0.239 e. The van der Waals surface area contributed by atoms with Crippen molar-refractivity contribution in [3.63, 3.8) is 0 Å². The highest BCUT2D eigenvalue weighted by Gasteiger charge is 2.24. The number of rotatable bonds is 8. The molecule has 0 rings (SSSR count). The van der Waals surface area contributed by atoms with Gasteiger partial charge in [0.25, 0.3) is 0 Å². The van der Waals surface area contributed by atoms with E-state index in [1.807, 2.05) is 6.92 Å². The molecule has 0 aliphatic heterocycles. The minimum absolute atomic E-state index is 0.00108. The van der Waals surface area contributed by atoms with Crippen molar-refractivity contribution in [2.45, 2.75) is 58.5 Å². The van der Waals surface area contributed by atoms with Gasteiger partial charge in [-0.15, -0.1) is 0 Å². The van der Waals surface area contributed by atoms with Gasteiger partial charge in [-0.2, -0.15) is 0 Å². The van der Waals surface area contributed by atoms with Gasteiger partial charge in [0.05, 0.1) is 12.6 Å². The van der Waals surface area contributed by atoms with Crippen LogP contribution in [0, 0.1) is 0 Å². The van der Waals surface area contributed by atoms with Gasteiger partial charge in [-0.1, -0.05) is 27.2 Å². The quantitative estimate of drug-likeness (QED) is 0.656. The third-order valence-electron chi connectivity index (χ3n) is 2.92. The number of aliphatic hydroxyl groups is 1. The van der Waals surface area contributed by atoms with E-state index in [4.69, 9.17) is 10.8 Å². The minimum atomic E-state index is -0.419. The van der Waals surface area contributed by atoms with Crippen LogP contribution in [0.2, 0.25) is 0 Å². The first-order chi connectivity index (χ1) is 7.62. The van der Waals surface area contributed by atoms with E-state index in [1.165, 1.54) is 0 Å². The lowest BCUT2D eigenvalue weighted by Crippen LogP contribution is -2.49. The average Bonchev–Trinajstić information content (AvgIpc) is 2.29. The number of amides is 1. The largest absolute Gasteiger partial charge is 0.395 e. The zero-order valence-electron chi connectivity index (χ0n) is 10.8. The van der Waals surface area contributed by atoms with E-state index >= 15 is 0 Å². The Kier molecular flexibility index (Phi) is 8.21. The van der Waals surface area contributed by atoms with E-state index in [-0.39, 0.29) is 18.6 Å². The monoisotopic (exact) mass is 230 g/mol. The van der Waals surface area contributed by atoms with Gasteiger partial charge >= 0.3 is 0 Å². The third kappa shape index (κ3) is 4.49. The molecule has 0 aliphatic rings. The fourth-order valence-corrected chi connectivity index (χ4v) is 1.96. The highest BCUT2D eigenvalue weighted by atomic mass is 16.3. The first-order valence-corrected chi connectivity index (χ1v) is 6.29. The van der Waals surface area contributed by atoms with E-state index in [0.717, 1.165) is 19.3 Å². The Morgan fingerprint density at radius 1 is 1.31 bits per heavy atom. The van der Waals surface area contributed by atoms with Gasteiger partial charge in [0, 0.05) is 12.6 Å². The molecule has 0 aromatic carbocycles. The summed E-state index contributed by atoms with van der Waals surface area (Å²) in [6, 6.07) is -0.222. The van der Waals surface area contributed by atoms with Crippen molar-refractivity contribution < 1.29 is 9.90 Å². The molecule has 0 aromatic heterocycles. The highest BCUT2D eigenvalue weighted by molar-refractivity contribution is 5.81. The van der Waals surface area contributed by atoms with Crippen LogP contribution in [0.1, 0.15) is 46.5 Å². The van der Waals surface area contributed by atoms with Crippen molar-refractivity contribution in [3.05, 3.63) is 0 Å². The molecule has 0 saturated heterocycles. The van der Waals surface area contributed by atoms with Gasteiger partial charge in [0.1, 0.15) is 0 Å². The van der Waals surface area contributed by atoms with Gasteiger partial charge in [0.2, 0.25) is 5.91 Å². The molecule has 96 valence electrons. The molecule has 0 saturated carbocycles. The fraction of sp³-hybridized carbons (Fsp3) is 0.917. The van der Waals surface area contributed by atoms with Crippen molar-refractivity contribution in [2.24, 2.45) is 5.73 Å². The number of hydrogen-bond donors (Lipinski definition) is 2. The lowest BCUT2D eigenvalue weighted by atomic mass is 10.1. The molecular weight excluding hydrogens is 204 g/mol. The summed E-state index contributed by atoms with van der Waals surface area (Å²) < 4.78 is 0. The Labute approximate surface area is 98.8 Å². The number of carbonyl (C=O) groups excluding carboxylic acids is 1. The van der Waals surface area contributed by atoms with Crippen LogP contribution in [-0.4, -0.2) is 41.1 Å². The van der Waals surface area contributed by atoms with Crippen molar-refractivity contribution in [1.82, 2.24) is 4.90 Å². The first-order valence-electron chi connectivity index (χ1n) is 6.29. The van der Waals surface area contributed by atoms with Crippen LogP contribution in [-0.2, 0) is 4.79 Å². The summed E-state index contributed by atoms with van der Waals surface area (Å²) in [6.07, 6.45) is 3.42. The normalized spacial score (nSPS) is 12.9. The van der Waals surface area contributed by atoms with E-state index < -0.39 is 6.04 Å². The number of hydrogen-bond acceptors (Lipinski definition) is 3. The molecule has 0 fully saturated rings. The Balaban J connectivity index is 4.55. The lowest BCUT2D eigenvalue weighted by molar-refractivity contribution is -0.135. The Morgan fingerprint density at radius 3 is 2.25 bits per heavy atom. The first kappa shape index (κ1) is 15.4. The zero-order chi connectivity index (χ0) is 12.6. The van der Waals surface area contributed by atoms with E-state index in [2.05, 4.69) is 13.8 Å². The van der Waals surface area contributed by atoms with Crippen molar-refractivity contribution in [3.8, 4) is 0 Å². The molecule has 0 bridgehead atoms. The van der Waals surface area contributed by atoms with Crippen LogP contribution in [0.25, 0.3) is 0 Å². The van der Waals surface area contributed by atoms with Crippen molar-refractivity contribution in [2.75, 3.05) is 13.2 Å². The summed E-state index contributed by atoms with van der Waals surface area (Å²) in [5, 5.41) is 9.00. The molecular formula is C12H26N2O2. The van der Waals surface area contributed by atoms with Gasteiger partial charge in [-0.25, -0.2) is 0 Å². The summed E-state index contributed by atoms with van der Waals surface area (Å²) in [4.78, 5) is 13.8. The number of carbonyl (C=O) groups is 1. The van der Waals surface area contributed by atoms with Gasteiger partial charge in [0.15, 0.2) is 0 Å². The molecule has 4 heteroatoms. The second-order valence-corrected chi connectivity index (χ2v) is 4.12. The van der Waals surface area contributed by atoms with Gasteiger partial charge in [-0.3, -0.25) is 4.79 Å². The molecule has 16 heavy (non-hydrogen) atoms. The molecule has 0 aromatic rings. The third-order valence-corrected chi connectivity index (χ3v) is 2.92. The van der Waals surface area contributed by atoms with Crippen LogP contribution in [0.3, 0.4) is 0 Å². The minimum Gasteiger partial charge on any atom is -0.395 e.